The second-order valence-corrected chi connectivity index (χ2v) is 7.55. The number of allylic oxidation sites excluding steroid dienone is 1. The number of carboxylic acid groups (broad SMARTS) is 1. The van der Waals surface area contributed by atoms with E-state index in [0.717, 1.165) is 0 Å². The second kappa shape index (κ2) is 8.58. The van der Waals surface area contributed by atoms with E-state index in [4.69, 9.17) is 4.74 Å². The topological polar surface area (TPSA) is 104 Å². The fraction of sp³-hybridized carbons (Fsp3) is 0.158. The van der Waals surface area contributed by atoms with Crippen LogP contribution < -0.4 is 4.74 Å². The third-order valence-electron chi connectivity index (χ3n) is 3.45. The van der Waals surface area contributed by atoms with Crippen molar-refractivity contribution in [1.82, 2.24) is 0 Å². The van der Waals surface area contributed by atoms with Crippen molar-refractivity contribution in [1.29, 1.82) is 0 Å². The number of hydrogen-bond donors (Lipinski definition) is 3. The molecule has 0 aliphatic carbocycles. The van der Waals surface area contributed by atoms with Gasteiger partial charge in [0.2, 0.25) is 0 Å². The van der Waals surface area contributed by atoms with Crippen molar-refractivity contribution in [3.05, 3.63) is 56.0 Å². The highest BCUT2D eigenvalue weighted by atomic mass is 79.9. The van der Waals surface area contributed by atoms with E-state index >= 15 is 0 Å². The van der Waals surface area contributed by atoms with Gasteiger partial charge in [-0.1, -0.05) is 6.08 Å². The molecule has 0 radical (unpaired) electrons. The van der Waals surface area contributed by atoms with Crippen molar-refractivity contribution in [2.24, 2.45) is 0 Å². The SMILES string of the molecule is CC(C)Oc1c(C(=O)O)ccc(C(=O)/C=C/c2cc(Br)c(O)c(Br)c2)c1O. The number of ketones is 1. The van der Waals surface area contributed by atoms with Crippen LogP contribution in [0.3, 0.4) is 0 Å². The molecular weight excluding hydrogens is 484 g/mol. The van der Waals surface area contributed by atoms with Crippen molar-refractivity contribution in [3.63, 3.8) is 0 Å². The van der Waals surface area contributed by atoms with E-state index in [1.807, 2.05) is 0 Å². The number of aromatic hydroxyl groups is 2. The van der Waals surface area contributed by atoms with Crippen molar-refractivity contribution in [3.8, 4) is 17.2 Å². The number of rotatable bonds is 6. The maximum absolute atomic E-state index is 12.5. The molecule has 0 spiro atoms. The molecule has 0 aliphatic rings. The van der Waals surface area contributed by atoms with Gasteiger partial charge in [-0.2, -0.15) is 0 Å². The molecule has 0 saturated heterocycles. The fourth-order valence-corrected chi connectivity index (χ4v) is 3.46. The van der Waals surface area contributed by atoms with Crippen LogP contribution >= 0.6 is 31.9 Å². The smallest absolute Gasteiger partial charge is 0.339 e. The van der Waals surface area contributed by atoms with Crippen LogP contribution in [-0.4, -0.2) is 33.2 Å². The predicted molar refractivity (Wildman–Crippen MR) is 108 cm³/mol. The van der Waals surface area contributed by atoms with Crippen LogP contribution in [0.5, 0.6) is 17.2 Å². The van der Waals surface area contributed by atoms with Crippen LogP contribution in [0.2, 0.25) is 0 Å². The molecule has 2 aromatic rings. The summed E-state index contributed by atoms with van der Waals surface area (Å²) in [6, 6.07) is 5.69. The van der Waals surface area contributed by atoms with Gasteiger partial charge < -0.3 is 20.1 Å². The number of carbonyl (C=O) groups is 2. The molecule has 2 rings (SSSR count). The van der Waals surface area contributed by atoms with E-state index < -0.39 is 17.5 Å². The first-order valence-corrected chi connectivity index (χ1v) is 9.36. The maximum Gasteiger partial charge on any atom is 0.339 e. The summed E-state index contributed by atoms with van der Waals surface area (Å²) in [5.41, 5.74) is 0.317. The number of benzene rings is 2. The third kappa shape index (κ3) is 4.90. The number of halogens is 2. The molecule has 3 N–H and O–H groups in total. The Kier molecular flexibility index (Phi) is 6.67. The molecule has 0 aromatic heterocycles. The van der Waals surface area contributed by atoms with E-state index in [-0.39, 0.29) is 28.7 Å². The normalized spacial score (nSPS) is 11.1. The molecular formula is C19H16Br2O6. The summed E-state index contributed by atoms with van der Waals surface area (Å²) in [6.07, 6.45) is 2.35. The molecule has 0 amide bonds. The molecule has 27 heavy (non-hydrogen) atoms. The molecule has 6 nitrogen and oxygen atoms in total. The van der Waals surface area contributed by atoms with Gasteiger partial charge in [-0.05, 0) is 81.6 Å². The Hall–Kier alpha value is -2.32. The molecule has 0 aliphatic heterocycles. The zero-order chi connectivity index (χ0) is 20.3. The summed E-state index contributed by atoms with van der Waals surface area (Å²) >= 11 is 6.41. The highest BCUT2D eigenvalue weighted by Crippen LogP contribution is 2.36. The summed E-state index contributed by atoms with van der Waals surface area (Å²) in [7, 11) is 0. The first-order valence-electron chi connectivity index (χ1n) is 7.78. The monoisotopic (exact) mass is 498 g/mol. The molecule has 0 saturated carbocycles. The second-order valence-electron chi connectivity index (χ2n) is 5.84. The van der Waals surface area contributed by atoms with Crippen LogP contribution in [0.1, 0.15) is 40.1 Å². The number of hydrogen-bond acceptors (Lipinski definition) is 5. The minimum Gasteiger partial charge on any atom is -0.506 e. The predicted octanol–water partition coefficient (Wildman–Crippen LogP) is 5.00. The molecule has 8 heteroatoms. The van der Waals surface area contributed by atoms with E-state index in [0.29, 0.717) is 14.5 Å². The molecule has 2 aromatic carbocycles. The van der Waals surface area contributed by atoms with Crippen LogP contribution in [0.4, 0.5) is 0 Å². The number of carboxylic acids is 1. The zero-order valence-electron chi connectivity index (χ0n) is 14.4. The maximum atomic E-state index is 12.5. The van der Waals surface area contributed by atoms with Crippen LogP contribution in [0.15, 0.2) is 39.3 Å². The number of phenolic OH excluding ortho intramolecular Hbond substituents is 2. The quantitative estimate of drug-likeness (QED) is 0.381. The van der Waals surface area contributed by atoms with Crippen molar-refractivity contribution in [2.75, 3.05) is 0 Å². The van der Waals surface area contributed by atoms with Crippen LogP contribution in [-0.2, 0) is 0 Å². The van der Waals surface area contributed by atoms with E-state index in [1.54, 1.807) is 26.0 Å². The minimum atomic E-state index is -1.27. The van der Waals surface area contributed by atoms with Gasteiger partial charge in [-0.3, -0.25) is 4.79 Å². The van der Waals surface area contributed by atoms with Crippen LogP contribution in [0.25, 0.3) is 6.08 Å². The van der Waals surface area contributed by atoms with Gasteiger partial charge in [0, 0.05) is 0 Å². The largest absolute Gasteiger partial charge is 0.506 e. The Labute approximate surface area is 172 Å². The van der Waals surface area contributed by atoms with Crippen molar-refractivity contribution < 1.29 is 29.6 Å². The Balaban J connectivity index is 2.40. The molecule has 0 atom stereocenters. The fourth-order valence-electron chi connectivity index (χ4n) is 2.24. The molecule has 142 valence electrons. The van der Waals surface area contributed by atoms with E-state index in [2.05, 4.69) is 31.9 Å². The highest BCUT2D eigenvalue weighted by molar-refractivity contribution is 9.11. The Bertz CT molecular complexity index is 911. The Morgan fingerprint density at radius 1 is 1.04 bits per heavy atom. The Morgan fingerprint density at radius 3 is 2.11 bits per heavy atom. The van der Waals surface area contributed by atoms with Gasteiger partial charge in [-0.25, -0.2) is 4.79 Å². The average molecular weight is 500 g/mol. The third-order valence-corrected chi connectivity index (χ3v) is 4.66. The lowest BCUT2D eigenvalue weighted by Gasteiger charge is -2.15. The average Bonchev–Trinajstić information content (AvgIpc) is 2.58. The van der Waals surface area contributed by atoms with Crippen molar-refractivity contribution in [2.45, 2.75) is 20.0 Å². The van der Waals surface area contributed by atoms with Gasteiger partial charge in [0.1, 0.15) is 11.3 Å². The number of carbonyl (C=O) groups excluding carboxylic acids is 1. The summed E-state index contributed by atoms with van der Waals surface area (Å²) in [4.78, 5) is 23.8. The minimum absolute atomic E-state index is 0.0378. The van der Waals surface area contributed by atoms with E-state index in [9.17, 15) is 24.9 Å². The number of ether oxygens (including phenoxy) is 1. The molecule has 0 fully saturated rings. The van der Waals surface area contributed by atoms with Crippen molar-refractivity contribution >= 4 is 49.7 Å². The summed E-state index contributed by atoms with van der Waals surface area (Å²) < 4.78 is 6.29. The van der Waals surface area contributed by atoms with Gasteiger partial charge in [0.05, 0.1) is 20.6 Å². The molecule has 0 bridgehead atoms. The molecule has 0 unspecified atom stereocenters. The zero-order valence-corrected chi connectivity index (χ0v) is 17.5. The highest BCUT2D eigenvalue weighted by Gasteiger charge is 2.22. The number of phenols is 2. The van der Waals surface area contributed by atoms with Crippen LogP contribution in [0, 0.1) is 0 Å². The summed E-state index contributed by atoms with van der Waals surface area (Å²) in [5.74, 6) is -2.53. The first kappa shape index (κ1) is 21.0. The standard InChI is InChI=1S/C19H16Br2O6/c1-9(2)27-18-12(19(25)26)5-4-11(16(18)23)15(22)6-3-10-7-13(20)17(24)14(21)8-10/h3-9,23-24H,1-2H3,(H,25,26)/b6-3+. The lowest BCUT2D eigenvalue weighted by atomic mass is 10.0. The lowest BCUT2D eigenvalue weighted by molar-refractivity contribution is 0.0688. The Morgan fingerprint density at radius 2 is 1.59 bits per heavy atom. The van der Waals surface area contributed by atoms with Gasteiger partial charge in [0.25, 0.3) is 0 Å². The first-order chi connectivity index (χ1) is 12.6. The molecule has 0 heterocycles. The van der Waals surface area contributed by atoms with Gasteiger partial charge in [0.15, 0.2) is 17.3 Å². The van der Waals surface area contributed by atoms with Gasteiger partial charge >= 0.3 is 5.97 Å². The lowest BCUT2D eigenvalue weighted by Crippen LogP contribution is -2.11. The summed E-state index contributed by atoms with van der Waals surface area (Å²) in [5, 5.41) is 29.3. The summed E-state index contributed by atoms with van der Waals surface area (Å²) in [6.45, 7) is 3.36. The van der Waals surface area contributed by atoms with E-state index in [1.165, 1.54) is 24.3 Å². The van der Waals surface area contributed by atoms with Gasteiger partial charge in [-0.15, -0.1) is 0 Å². The number of aromatic carboxylic acids is 1.